The quantitative estimate of drug-likeness (QED) is 0.883. The number of aryl methyl sites for hydroxylation is 1. The van der Waals surface area contributed by atoms with Crippen LogP contribution in [0.3, 0.4) is 0 Å². The van der Waals surface area contributed by atoms with Gasteiger partial charge in [-0.15, -0.1) is 0 Å². The van der Waals surface area contributed by atoms with E-state index in [2.05, 4.69) is 73.0 Å². The summed E-state index contributed by atoms with van der Waals surface area (Å²) in [5.74, 6) is 1.09. The van der Waals surface area contributed by atoms with Crippen molar-refractivity contribution < 1.29 is 0 Å². The standard InChI is InChI=1S/C17H25N3/c1-5-11-20-12-10-18-16(20)13-19-15-9-7-6-8-14(15)17(2,3)4/h6-10,12,19H,5,11,13H2,1-4H3. The van der Waals surface area contributed by atoms with Gasteiger partial charge in [0.15, 0.2) is 0 Å². The molecule has 3 heteroatoms. The van der Waals surface area contributed by atoms with E-state index in [-0.39, 0.29) is 5.41 Å². The number of nitrogens with one attached hydrogen (secondary N) is 1. The minimum absolute atomic E-state index is 0.141. The minimum Gasteiger partial charge on any atom is -0.378 e. The number of benzene rings is 1. The third-order valence-corrected chi connectivity index (χ3v) is 3.44. The van der Waals surface area contributed by atoms with Gasteiger partial charge in [0.2, 0.25) is 0 Å². The molecule has 0 spiro atoms. The normalized spacial score (nSPS) is 11.6. The highest BCUT2D eigenvalue weighted by molar-refractivity contribution is 5.54. The zero-order valence-corrected chi connectivity index (χ0v) is 13.0. The minimum atomic E-state index is 0.141. The second-order valence-electron chi connectivity index (χ2n) is 6.19. The molecule has 0 saturated carbocycles. The molecule has 0 unspecified atom stereocenters. The molecule has 0 atom stereocenters. The van der Waals surface area contributed by atoms with Gasteiger partial charge in [0, 0.05) is 24.6 Å². The van der Waals surface area contributed by atoms with E-state index in [9.17, 15) is 0 Å². The summed E-state index contributed by atoms with van der Waals surface area (Å²) in [6, 6.07) is 8.52. The maximum absolute atomic E-state index is 4.44. The van der Waals surface area contributed by atoms with E-state index in [0.717, 1.165) is 25.3 Å². The number of nitrogens with zero attached hydrogens (tertiary/aromatic N) is 2. The average molecular weight is 271 g/mol. The lowest BCUT2D eigenvalue weighted by molar-refractivity contribution is 0.591. The van der Waals surface area contributed by atoms with Gasteiger partial charge in [-0.25, -0.2) is 4.98 Å². The molecule has 0 amide bonds. The topological polar surface area (TPSA) is 29.9 Å². The van der Waals surface area contributed by atoms with Crippen LogP contribution < -0.4 is 5.32 Å². The SMILES string of the molecule is CCCn1ccnc1CNc1ccccc1C(C)(C)C. The van der Waals surface area contributed by atoms with E-state index >= 15 is 0 Å². The lowest BCUT2D eigenvalue weighted by atomic mass is 9.86. The van der Waals surface area contributed by atoms with Crippen LogP contribution in [0.25, 0.3) is 0 Å². The Labute approximate surface area is 122 Å². The summed E-state index contributed by atoms with van der Waals surface area (Å²) in [7, 11) is 0. The summed E-state index contributed by atoms with van der Waals surface area (Å²) in [6.07, 6.45) is 5.06. The van der Waals surface area contributed by atoms with Gasteiger partial charge in [0.25, 0.3) is 0 Å². The van der Waals surface area contributed by atoms with Gasteiger partial charge in [0.1, 0.15) is 5.82 Å². The zero-order chi connectivity index (χ0) is 14.6. The smallest absolute Gasteiger partial charge is 0.128 e. The molecule has 1 aromatic heterocycles. The number of anilines is 1. The highest BCUT2D eigenvalue weighted by atomic mass is 15.1. The summed E-state index contributed by atoms with van der Waals surface area (Å²) in [4.78, 5) is 4.44. The molecule has 20 heavy (non-hydrogen) atoms. The molecule has 1 heterocycles. The Kier molecular flexibility index (Phi) is 4.48. The van der Waals surface area contributed by atoms with Gasteiger partial charge >= 0.3 is 0 Å². The zero-order valence-electron chi connectivity index (χ0n) is 13.0. The molecular weight excluding hydrogens is 246 g/mol. The summed E-state index contributed by atoms with van der Waals surface area (Å²) >= 11 is 0. The van der Waals surface area contributed by atoms with Crippen molar-refractivity contribution in [2.75, 3.05) is 5.32 Å². The van der Waals surface area contributed by atoms with E-state index in [1.165, 1.54) is 11.3 Å². The maximum Gasteiger partial charge on any atom is 0.128 e. The number of hydrogen-bond acceptors (Lipinski definition) is 2. The summed E-state index contributed by atoms with van der Waals surface area (Å²) in [5, 5.41) is 3.54. The lowest BCUT2D eigenvalue weighted by Crippen LogP contribution is -2.16. The fourth-order valence-electron chi connectivity index (χ4n) is 2.42. The van der Waals surface area contributed by atoms with Crippen molar-refractivity contribution in [1.29, 1.82) is 0 Å². The predicted octanol–water partition coefficient (Wildman–Crippen LogP) is 4.20. The van der Waals surface area contributed by atoms with Crippen LogP contribution in [-0.4, -0.2) is 9.55 Å². The molecule has 0 aliphatic heterocycles. The molecule has 3 nitrogen and oxygen atoms in total. The Bertz CT molecular complexity index is 549. The molecule has 0 bridgehead atoms. The van der Waals surface area contributed by atoms with Crippen LogP contribution in [0.5, 0.6) is 0 Å². The molecule has 108 valence electrons. The lowest BCUT2D eigenvalue weighted by Gasteiger charge is -2.23. The highest BCUT2D eigenvalue weighted by Gasteiger charge is 2.17. The Morgan fingerprint density at radius 1 is 1.20 bits per heavy atom. The Morgan fingerprint density at radius 2 is 1.95 bits per heavy atom. The van der Waals surface area contributed by atoms with E-state index in [0.29, 0.717) is 0 Å². The van der Waals surface area contributed by atoms with Crippen molar-refractivity contribution >= 4 is 5.69 Å². The first-order valence-electron chi connectivity index (χ1n) is 7.35. The van der Waals surface area contributed by atoms with E-state index in [1.54, 1.807) is 0 Å². The fourth-order valence-corrected chi connectivity index (χ4v) is 2.42. The van der Waals surface area contributed by atoms with Crippen molar-refractivity contribution in [1.82, 2.24) is 9.55 Å². The third kappa shape index (κ3) is 3.41. The molecule has 1 N–H and O–H groups in total. The van der Waals surface area contributed by atoms with Crippen LogP contribution in [0.15, 0.2) is 36.7 Å². The molecule has 0 fully saturated rings. The first kappa shape index (κ1) is 14.6. The highest BCUT2D eigenvalue weighted by Crippen LogP contribution is 2.29. The number of hydrogen-bond donors (Lipinski definition) is 1. The van der Waals surface area contributed by atoms with Crippen molar-refractivity contribution in [2.45, 2.75) is 52.6 Å². The number of aromatic nitrogens is 2. The van der Waals surface area contributed by atoms with Crippen LogP contribution in [0, 0.1) is 0 Å². The van der Waals surface area contributed by atoms with Gasteiger partial charge in [-0.2, -0.15) is 0 Å². The average Bonchev–Trinajstić information content (AvgIpc) is 2.83. The second-order valence-corrected chi connectivity index (χ2v) is 6.19. The van der Waals surface area contributed by atoms with Crippen molar-refractivity contribution in [3.63, 3.8) is 0 Å². The third-order valence-electron chi connectivity index (χ3n) is 3.44. The van der Waals surface area contributed by atoms with Gasteiger partial charge in [-0.1, -0.05) is 45.9 Å². The maximum atomic E-state index is 4.44. The van der Waals surface area contributed by atoms with Crippen LogP contribution in [0.2, 0.25) is 0 Å². The summed E-state index contributed by atoms with van der Waals surface area (Å²) < 4.78 is 2.21. The van der Waals surface area contributed by atoms with Crippen molar-refractivity contribution in [2.24, 2.45) is 0 Å². The van der Waals surface area contributed by atoms with Gasteiger partial charge < -0.3 is 9.88 Å². The number of para-hydroxylation sites is 1. The number of imidazole rings is 1. The second kappa shape index (κ2) is 6.12. The predicted molar refractivity (Wildman–Crippen MR) is 85.0 cm³/mol. The molecule has 2 rings (SSSR count). The van der Waals surface area contributed by atoms with E-state index in [4.69, 9.17) is 0 Å². The van der Waals surface area contributed by atoms with Gasteiger partial charge in [-0.3, -0.25) is 0 Å². The Hall–Kier alpha value is -1.77. The summed E-state index contributed by atoms with van der Waals surface area (Å²) in [5.41, 5.74) is 2.68. The van der Waals surface area contributed by atoms with Gasteiger partial charge in [0.05, 0.1) is 6.54 Å². The molecule has 0 saturated heterocycles. The monoisotopic (exact) mass is 271 g/mol. The molecular formula is C17H25N3. The Morgan fingerprint density at radius 3 is 2.65 bits per heavy atom. The van der Waals surface area contributed by atoms with Crippen LogP contribution in [0.1, 0.15) is 45.5 Å². The molecule has 0 aliphatic carbocycles. The molecule has 0 aliphatic rings. The molecule has 2 aromatic rings. The fraction of sp³-hybridized carbons (Fsp3) is 0.471. The Balaban J connectivity index is 2.13. The van der Waals surface area contributed by atoms with Crippen molar-refractivity contribution in [3.8, 4) is 0 Å². The van der Waals surface area contributed by atoms with Crippen molar-refractivity contribution in [3.05, 3.63) is 48.0 Å². The van der Waals surface area contributed by atoms with E-state index < -0.39 is 0 Å². The molecule has 0 radical (unpaired) electrons. The first-order chi connectivity index (χ1) is 9.52. The van der Waals surface area contributed by atoms with Crippen LogP contribution >= 0.6 is 0 Å². The van der Waals surface area contributed by atoms with Crippen LogP contribution in [0.4, 0.5) is 5.69 Å². The summed E-state index contributed by atoms with van der Waals surface area (Å²) in [6.45, 7) is 10.7. The largest absolute Gasteiger partial charge is 0.378 e. The van der Waals surface area contributed by atoms with Gasteiger partial charge in [-0.05, 0) is 23.5 Å². The molecule has 1 aromatic carbocycles. The van der Waals surface area contributed by atoms with E-state index in [1.807, 2.05) is 6.20 Å². The van der Waals surface area contributed by atoms with Crippen LogP contribution in [-0.2, 0) is 18.5 Å². The number of rotatable bonds is 5. The first-order valence-corrected chi connectivity index (χ1v) is 7.35.